The van der Waals surface area contributed by atoms with E-state index in [1.54, 1.807) is 20.3 Å². The minimum Gasteiger partial charge on any atom is -0.508 e. The lowest BCUT2D eigenvalue weighted by Gasteiger charge is -2.11. The predicted octanol–water partition coefficient (Wildman–Crippen LogP) is 4.30. The summed E-state index contributed by atoms with van der Waals surface area (Å²) in [5.74, 6) is 2.47. The molecule has 0 aliphatic rings. The Morgan fingerprint density at radius 1 is 0.781 bits per heavy atom. The van der Waals surface area contributed by atoms with Gasteiger partial charge in [0.2, 0.25) is 5.95 Å². The zero-order valence-corrected chi connectivity index (χ0v) is 17.6. The molecule has 8 nitrogen and oxygen atoms in total. The Morgan fingerprint density at radius 3 is 2.06 bits per heavy atom. The normalized spacial score (nSPS) is 10.6. The molecule has 0 aliphatic carbocycles. The van der Waals surface area contributed by atoms with E-state index >= 15 is 0 Å². The molecule has 32 heavy (non-hydrogen) atoms. The van der Waals surface area contributed by atoms with Gasteiger partial charge in [-0.15, -0.1) is 0 Å². The van der Waals surface area contributed by atoms with Crippen LogP contribution in [0.25, 0.3) is 11.4 Å². The quantitative estimate of drug-likeness (QED) is 0.398. The van der Waals surface area contributed by atoms with Crippen molar-refractivity contribution in [1.82, 2.24) is 15.0 Å². The highest BCUT2D eigenvalue weighted by molar-refractivity contribution is 5.66. The molecule has 0 amide bonds. The van der Waals surface area contributed by atoms with E-state index < -0.39 is 0 Å². The van der Waals surface area contributed by atoms with Gasteiger partial charge >= 0.3 is 0 Å². The Kier molecular flexibility index (Phi) is 6.03. The molecule has 0 saturated carbocycles. The number of phenolic OH excluding ortho intramolecular Hbond substituents is 2. The Labute approximate surface area is 185 Å². The van der Waals surface area contributed by atoms with Crippen LogP contribution in [0.4, 0.5) is 11.6 Å². The maximum absolute atomic E-state index is 10.3. The van der Waals surface area contributed by atoms with E-state index in [1.165, 1.54) is 12.1 Å². The molecule has 0 unspecified atom stereocenters. The number of benzene rings is 3. The molecule has 4 aromatic rings. The average Bonchev–Trinajstić information content (AvgIpc) is 2.80. The molecular formula is C24H22N4O4. The van der Waals surface area contributed by atoms with Gasteiger partial charge in [-0.05, 0) is 54.1 Å². The molecule has 1 aromatic heterocycles. The molecule has 3 aromatic carbocycles. The Balaban J connectivity index is 1.71. The summed E-state index contributed by atoms with van der Waals surface area (Å²) in [6.45, 7) is 0. The highest BCUT2D eigenvalue weighted by Crippen LogP contribution is 2.31. The summed E-state index contributed by atoms with van der Waals surface area (Å²) in [5.41, 5.74) is 2.15. The van der Waals surface area contributed by atoms with Crippen molar-refractivity contribution in [2.24, 2.45) is 0 Å². The SMILES string of the molecule is COc1ccc(Cc2nc(Nc3ccc(OC)cc3)nc(-c3ccc(O)cc3O)n2)cc1. The van der Waals surface area contributed by atoms with Crippen LogP contribution in [0.3, 0.4) is 0 Å². The summed E-state index contributed by atoms with van der Waals surface area (Å²) < 4.78 is 10.4. The molecule has 4 rings (SSSR count). The number of nitrogens with one attached hydrogen (secondary N) is 1. The number of phenols is 2. The second-order valence-electron chi connectivity index (χ2n) is 6.98. The summed E-state index contributed by atoms with van der Waals surface area (Å²) in [7, 11) is 3.23. The third kappa shape index (κ3) is 4.86. The van der Waals surface area contributed by atoms with E-state index in [9.17, 15) is 10.2 Å². The molecule has 0 radical (unpaired) electrons. The average molecular weight is 430 g/mol. The Bertz CT molecular complexity index is 1140. The van der Waals surface area contributed by atoms with Crippen LogP contribution in [0.15, 0.2) is 66.7 Å². The first-order valence-corrected chi connectivity index (χ1v) is 9.85. The minimum absolute atomic E-state index is 0.0460. The molecule has 0 spiro atoms. The van der Waals surface area contributed by atoms with Crippen LogP contribution < -0.4 is 14.8 Å². The van der Waals surface area contributed by atoms with Crippen molar-refractivity contribution < 1.29 is 19.7 Å². The number of hydrogen-bond acceptors (Lipinski definition) is 8. The van der Waals surface area contributed by atoms with Crippen LogP contribution in [0, 0.1) is 0 Å². The molecule has 0 saturated heterocycles. The fourth-order valence-electron chi connectivity index (χ4n) is 3.11. The number of aromatic hydroxyl groups is 2. The first-order chi connectivity index (χ1) is 15.5. The minimum atomic E-state index is -0.123. The fraction of sp³-hybridized carbons (Fsp3) is 0.125. The van der Waals surface area contributed by atoms with Gasteiger partial charge in [0.1, 0.15) is 28.8 Å². The number of hydrogen-bond donors (Lipinski definition) is 3. The summed E-state index contributed by atoms with van der Waals surface area (Å²) in [5, 5.41) is 23.1. The van der Waals surface area contributed by atoms with Gasteiger partial charge in [-0.1, -0.05) is 12.1 Å². The van der Waals surface area contributed by atoms with Crippen LogP contribution in [0.5, 0.6) is 23.0 Å². The van der Waals surface area contributed by atoms with Crippen molar-refractivity contribution in [2.75, 3.05) is 19.5 Å². The zero-order chi connectivity index (χ0) is 22.5. The molecule has 0 bridgehead atoms. The standard InChI is InChI=1S/C24H22N4O4/c1-31-18-8-3-15(4-9-18)13-22-26-23(20-12-7-17(29)14-21(20)30)28-24(27-22)25-16-5-10-19(32-2)11-6-16/h3-12,14,29-30H,13H2,1-2H3,(H,25,26,27,28). The molecular weight excluding hydrogens is 408 g/mol. The van der Waals surface area contributed by atoms with Gasteiger partial charge < -0.3 is 25.0 Å². The molecule has 1 heterocycles. The van der Waals surface area contributed by atoms with E-state index in [4.69, 9.17) is 9.47 Å². The Morgan fingerprint density at radius 2 is 1.44 bits per heavy atom. The molecule has 8 heteroatoms. The summed E-state index contributed by atoms with van der Waals surface area (Å²) in [6, 6.07) is 19.3. The summed E-state index contributed by atoms with van der Waals surface area (Å²) in [6.07, 6.45) is 0.454. The number of aromatic nitrogens is 3. The van der Waals surface area contributed by atoms with Gasteiger partial charge in [0, 0.05) is 18.2 Å². The number of anilines is 2. The molecule has 3 N–H and O–H groups in total. The smallest absolute Gasteiger partial charge is 0.231 e. The van der Waals surface area contributed by atoms with Gasteiger partial charge in [-0.25, -0.2) is 4.98 Å². The van der Waals surface area contributed by atoms with Crippen molar-refractivity contribution in [3.8, 4) is 34.4 Å². The van der Waals surface area contributed by atoms with Crippen LogP contribution >= 0.6 is 0 Å². The van der Waals surface area contributed by atoms with Gasteiger partial charge in [0.05, 0.1) is 19.8 Å². The van der Waals surface area contributed by atoms with Gasteiger partial charge in [-0.2, -0.15) is 9.97 Å². The monoisotopic (exact) mass is 430 g/mol. The number of methoxy groups -OCH3 is 2. The second-order valence-corrected chi connectivity index (χ2v) is 6.98. The lowest BCUT2D eigenvalue weighted by atomic mass is 10.1. The van der Waals surface area contributed by atoms with Crippen LogP contribution in [0.2, 0.25) is 0 Å². The van der Waals surface area contributed by atoms with Gasteiger partial charge in [0.25, 0.3) is 0 Å². The topological polar surface area (TPSA) is 110 Å². The first kappa shape index (κ1) is 20.9. The zero-order valence-electron chi connectivity index (χ0n) is 17.6. The van der Waals surface area contributed by atoms with Crippen molar-refractivity contribution in [3.05, 3.63) is 78.1 Å². The largest absolute Gasteiger partial charge is 0.508 e. The number of ether oxygens (including phenoxy) is 2. The van der Waals surface area contributed by atoms with Crippen molar-refractivity contribution in [1.29, 1.82) is 0 Å². The van der Waals surface area contributed by atoms with E-state index in [2.05, 4.69) is 20.3 Å². The molecule has 0 aliphatic heterocycles. The van der Waals surface area contributed by atoms with E-state index in [-0.39, 0.29) is 17.3 Å². The van der Waals surface area contributed by atoms with E-state index in [0.717, 1.165) is 22.7 Å². The van der Waals surface area contributed by atoms with Crippen molar-refractivity contribution >= 4 is 11.6 Å². The first-order valence-electron chi connectivity index (χ1n) is 9.85. The van der Waals surface area contributed by atoms with Crippen molar-refractivity contribution in [3.63, 3.8) is 0 Å². The number of rotatable bonds is 7. The van der Waals surface area contributed by atoms with Crippen molar-refractivity contribution in [2.45, 2.75) is 6.42 Å². The fourth-order valence-corrected chi connectivity index (χ4v) is 3.11. The molecule has 0 fully saturated rings. The van der Waals surface area contributed by atoms with E-state index in [1.807, 2.05) is 48.5 Å². The number of nitrogens with zero attached hydrogens (tertiary/aromatic N) is 3. The second kappa shape index (κ2) is 9.22. The molecule has 0 atom stereocenters. The highest BCUT2D eigenvalue weighted by atomic mass is 16.5. The third-order valence-corrected chi connectivity index (χ3v) is 4.77. The lowest BCUT2D eigenvalue weighted by molar-refractivity contribution is 0.414. The summed E-state index contributed by atoms with van der Waals surface area (Å²) >= 11 is 0. The Hall–Kier alpha value is -4.33. The van der Waals surface area contributed by atoms with Gasteiger partial charge in [-0.3, -0.25) is 0 Å². The van der Waals surface area contributed by atoms with E-state index in [0.29, 0.717) is 23.8 Å². The maximum Gasteiger partial charge on any atom is 0.231 e. The predicted molar refractivity (Wildman–Crippen MR) is 121 cm³/mol. The van der Waals surface area contributed by atoms with Gasteiger partial charge in [0.15, 0.2) is 5.82 Å². The lowest BCUT2D eigenvalue weighted by Crippen LogP contribution is -2.06. The highest BCUT2D eigenvalue weighted by Gasteiger charge is 2.14. The third-order valence-electron chi connectivity index (χ3n) is 4.77. The maximum atomic E-state index is 10.3. The summed E-state index contributed by atoms with van der Waals surface area (Å²) in [4.78, 5) is 13.6. The van der Waals surface area contributed by atoms with Crippen LogP contribution in [-0.4, -0.2) is 39.4 Å². The van der Waals surface area contributed by atoms with Crippen LogP contribution in [0.1, 0.15) is 11.4 Å². The molecule has 162 valence electrons. The van der Waals surface area contributed by atoms with Crippen LogP contribution in [-0.2, 0) is 6.42 Å².